The van der Waals surface area contributed by atoms with Crippen LogP contribution in [0.3, 0.4) is 0 Å². The molecule has 3 aromatic heterocycles. The highest BCUT2D eigenvalue weighted by atomic mass is 32.2. The number of hydrogen-bond donors (Lipinski definition) is 2. The molecule has 126 valence electrons. The third-order valence-corrected chi connectivity index (χ3v) is 6.77. The highest BCUT2D eigenvalue weighted by Gasteiger charge is 2.23. The number of thioether (sulfide) groups is 1. The largest absolute Gasteiger partial charge is 0.316 e. The molecule has 0 unspecified atom stereocenters. The van der Waals surface area contributed by atoms with Crippen LogP contribution in [0.1, 0.15) is 22.4 Å². The maximum atomic E-state index is 12.2. The SMILES string of the molecule is N#Cc1c(NC(=O)CSc2n[nH]c(-c3cccs3)n2)sc2c1CCC2. The maximum Gasteiger partial charge on any atom is 0.235 e. The Bertz CT molecular complexity index is 951. The number of anilines is 1. The van der Waals surface area contributed by atoms with Crippen molar-refractivity contribution in [2.24, 2.45) is 0 Å². The first-order valence-electron chi connectivity index (χ1n) is 7.68. The Morgan fingerprint density at radius 2 is 2.40 bits per heavy atom. The van der Waals surface area contributed by atoms with E-state index in [9.17, 15) is 10.1 Å². The molecule has 2 N–H and O–H groups in total. The molecule has 4 rings (SSSR count). The van der Waals surface area contributed by atoms with E-state index in [1.807, 2.05) is 17.5 Å². The molecule has 0 saturated carbocycles. The zero-order chi connectivity index (χ0) is 17.2. The Kier molecular flexibility index (Phi) is 4.57. The molecule has 1 aliphatic rings. The number of carbonyl (C=O) groups excluding carboxylic acids is 1. The Balaban J connectivity index is 1.38. The van der Waals surface area contributed by atoms with Gasteiger partial charge in [0, 0.05) is 4.88 Å². The van der Waals surface area contributed by atoms with Crippen LogP contribution in [-0.2, 0) is 17.6 Å². The Morgan fingerprint density at radius 1 is 1.48 bits per heavy atom. The van der Waals surface area contributed by atoms with Gasteiger partial charge in [0.25, 0.3) is 0 Å². The summed E-state index contributed by atoms with van der Waals surface area (Å²) in [6.07, 6.45) is 3.03. The molecule has 0 aliphatic heterocycles. The average molecular weight is 388 g/mol. The molecule has 0 saturated heterocycles. The van der Waals surface area contributed by atoms with E-state index >= 15 is 0 Å². The minimum Gasteiger partial charge on any atom is -0.316 e. The molecule has 3 aromatic rings. The highest BCUT2D eigenvalue weighted by molar-refractivity contribution is 7.99. The van der Waals surface area contributed by atoms with E-state index in [1.165, 1.54) is 28.0 Å². The molecular weight excluding hydrogens is 374 g/mol. The van der Waals surface area contributed by atoms with Crippen molar-refractivity contribution in [2.45, 2.75) is 24.4 Å². The third kappa shape index (κ3) is 3.33. The van der Waals surface area contributed by atoms with Crippen molar-refractivity contribution in [1.29, 1.82) is 5.26 Å². The van der Waals surface area contributed by atoms with Gasteiger partial charge in [-0.1, -0.05) is 17.8 Å². The van der Waals surface area contributed by atoms with Crippen molar-refractivity contribution in [3.8, 4) is 16.8 Å². The number of thiophene rings is 2. The van der Waals surface area contributed by atoms with Crippen LogP contribution in [-0.4, -0.2) is 26.8 Å². The van der Waals surface area contributed by atoms with Crippen LogP contribution < -0.4 is 5.32 Å². The van der Waals surface area contributed by atoms with E-state index < -0.39 is 0 Å². The van der Waals surface area contributed by atoms with Crippen LogP contribution in [0, 0.1) is 11.3 Å². The number of hydrogen-bond acceptors (Lipinski definition) is 7. The van der Waals surface area contributed by atoms with Crippen molar-refractivity contribution in [3.05, 3.63) is 33.5 Å². The first kappa shape index (κ1) is 16.3. The minimum absolute atomic E-state index is 0.149. The number of aromatic amines is 1. The van der Waals surface area contributed by atoms with E-state index in [4.69, 9.17) is 0 Å². The Hall–Kier alpha value is -2.15. The molecular formula is C16H13N5OS3. The van der Waals surface area contributed by atoms with Gasteiger partial charge in [-0.25, -0.2) is 4.98 Å². The topological polar surface area (TPSA) is 94.5 Å². The number of nitriles is 1. The first-order valence-corrected chi connectivity index (χ1v) is 10.4. The van der Waals surface area contributed by atoms with Crippen LogP contribution >= 0.6 is 34.4 Å². The quantitative estimate of drug-likeness (QED) is 0.651. The molecule has 9 heteroatoms. The summed E-state index contributed by atoms with van der Waals surface area (Å²) in [5.41, 5.74) is 1.75. The predicted molar refractivity (Wildman–Crippen MR) is 100 cm³/mol. The highest BCUT2D eigenvalue weighted by Crippen LogP contribution is 2.38. The molecule has 25 heavy (non-hydrogen) atoms. The van der Waals surface area contributed by atoms with Gasteiger partial charge in [-0.15, -0.1) is 27.8 Å². The fourth-order valence-electron chi connectivity index (χ4n) is 2.74. The number of aromatic nitrogens is 3. The first-order chi connectivity index (χ1) is 12.2. The van der Waals surface area contributed by atoms with Gasteiger partial charge < -0.3 is 5.32 Å². The molecule has 1 aliphatic carbocycles. The number of nitrogens with zero attached hydrogens (tertiary/aromatic N) is 3. The van der Waals surface area contributed by atoms with E-state index in [2.05, 4.69) is 26.6 Å². The second-order valence-electron chi connectivity index (χ2n) is 5.45. The van der Waals surface area contributed by atoms with Gasteiger partial charge in [0.15, 0.2) is 5.82 Å². The van der Waals surface area contributed by atoms with Crippen molar-refractivity contribution >= 4 is 45.3 Å². The van der Waals surface area contributed by atoms with E-state index in [0.717, 1.165) is 29.7 Å². The zero-order valence-electron chi connectivity index (χ0n) is 13.0. The lowest BCUT2D eigenvalue weighted by atomic mass is 10.1. The maximum absolute atomic E-state index is 12.2. The minimum atomic E-state index is -0.149. The second kappa shape index (κ2) is 7.00. The van der Waals surface area contributed by atoms with Crippen LogP contribution in [0.5, 0.6) is 0 Å². The lowest BCUT2D eigenvalue weighted by Gasteiger charge is -2.02. The summed E-state index contributed by atoms with van der Waals surface area (Å²) in [5, 5.41) is 22.4. The number of rotatable bonds is 5. The predicted octanol–water partition coefficient (Wildman–Crippen LogP) is 3.69. The number of nitrogens with one attached hydrogen (secondary N) is 2. The van der Waals surface area contributed by atoms with Crippen molar-refractivity contribution in [2.75, 3.05) is 11.1 Å². The number of amides is 1. The van der Waals surface area contributed by atoms with Crippen molar-refractivity contribution < 1.29 is 4.79 Å². The summed E-state index contributed by atoms with van der Waals surface area (Å²) in [6, 6.07) is 6.15. The molecule has 0 radical (unpaired) electrons. The fourth-order valence-corrected chi connectivity index (χ4v) is 5.26. The van der Waals surface area contributed by atoms with Crippen molar-refractivity contribution in [3.63, 3.8) is 0 Å². The Labute approximate surface area is 156 Å². The number of fused-ring (bicyclic) bond motifs is 1. The van der Waals surface area contributed by atoms with Crippen LogP contribution in [0.4, 0.5) is 5.00 Å². The normalized spacial score (nSPS) is 12.8. The molecule has 1 amide bonds. The summed E-state index contributed by atoms with van der Waals surface area (Å²) in [4.78, 5) is 18.8. The van der Waals surface area contributed by atoms with Gasteiger partial charge in [-0.2, -0.15) is 5.26 Å². The summed E-state index contributed by atoms with van der Waals surface area (Å²) < 4.78 is 0. The third-order valence-electron chi connectivity index (χ3n) is 3.84. The molecule has 0 aromatic carbocycles. The fraction of sp³-hybridized carbons (Fsp3) is 0.250. The second-order valence-corrected chi connectivity index (χ2v) is 8.45. The van der Waals surface area contributed by atoms with Gasteiger partial charge in [-0.3, -0.25) is 9.89 Å². The monoisotopic (exact) mass is 387 g/mol. The van der Waals surface area contributed by atoms with E-state index in [0.29, 0.717) is 21.5 Å². The van der Waals surface area contributed by atoms with Crippen LogP contribution in [0.2, 0.25) is 0 Å². The number of aryl methyl sites for hydroxylation is 1. The molecule has 0 spiro atoms. The van der Waals surface area contributed by atoms with Crippen LogP contribution in [0.15, 0.2) is 22.7 Å². The molecule has 3 heterocycles. The van der Waals surface area contributed by atoms with Gasteiger partial charge >= 0.3 is 0 Å². The average Bonchev–Trinajstić information content (AvgIpc) is 3.36. The zero-order valence-corrected chi connectivity index (χ0v) is 15.5. The van der Waals surface area contributed by atoms with E-state index in [1.54, 1.807) is 11.3 Å². The summed E-state index contributed by atoms with van der Waals surface area (Å²) in [5.74, 6) is 0.762. The standard InChI is InChI=1S/C16H13N5OS3/c17-7-10-9-3-1-4-11(9)25-15(10)18-13(22)8-24-16-19-14(20-21-16)12-5-2-6-23-12/h2,5-6H,1,3-4,8H2,(H,18,22)(H,19,20,21). The summed E-state index contributed by atoms with van der Waals surface area (Å²) in [7, 11) is 0. The van der Waals surface area contributed by atoms with E-state index in [-0.39, 0.29) is 11.7 Å². The van der Waals surface area contributed by atoms with Gasteiger partial charge in [0.05, 0.1) is 16.2 Å². The summed E-state index contributed by atoms with van der Waals surface area (Å²) >= 11 is 4.38. The smallest absolute Gasteiger partial charge is 0.235 e. The van der Waals surface area contributed by atoms with Gasteiger partial charge in [0.1, 0.15) is 11.1 Å². The Morgan fingerprint density at radius 3 is 3.20 bits per heavy atom. The molecule has 0 bridgehead atoms. The lowest BCUT2D eigenvalue weighted by Crippen LogP contribution is -2.14. The lowest BCUT2D eigenvalue weighted by molar-refractivity contribution is -0.113. The number of H-pyrrole nitrogens is 1. The van der Waals surface area contributed by atoms with Gasteiger partial charge in [0.2, 0.25) is 11.1 Å². The van der Waals surface area contributed by atoms with Crippen molar-refractivity contribution in [1.82, 2.24) is 15.2 Å². The number of carbonyl (C=O) groups is 1. The summed E-state index contributed by atoms with van der Waals surface area (Å²) in [6.45, 7) is 0. The molecule has 0 atom stereocenters. The molecule has 6 nitrogen and oxygen atoms in total. The molecule has 0 fully saturated rings. The van der Waals surface area contributed by atoms with Gasteiger partial charge in [-0.05, 0) is 36.3 Å². The van der Waals surface area contributed by atoms with Crippen LogP contribution in [0.25, 0.3) is 10.7 Å².